The Hall–Kier alpha value is -0.0800. The Morgan fingerprint density at radius 3 is 1.29 bits per heavy atom. The molecule has 0 saturated heterocycles. The lowest BCUT2D eigenvalue weighted by Gasteiger charge is -2.23. The third-order valence-electron chi connectivity index (χ3n) is 4.45. The summed E-state index contributed by atoms with van der Waals surface area (Å²) in [6.45, 7) is 2.34. The number of hydrogen-bond acceptors (Lipinski definition) is 2. The van der Waals surface area contributed by atoms with Crippen LogP contribution in [-0.2, 0) is 0 Å². The van der Waals surface area contributed by atoms with Crippen molar-refractivity contribution in [3.8, 4) is 0 Å². The van der Waals surface area contributed by atoms with Gasteiger partial charge in [0.15, 0.2) is 0 Å². The van der Waals surface area contributed by atoms with Gasteiger partial charge in [-0.2, -0.15) is 0 Å². The van der Waals surface area contributed by atoms with Gasteiger partial charge in [-0.15, -0.1) is 0 Å². The summed E-state index contributed by atoms with van der Waals surface area (Å²) < 4.78 is 0. The average Bonchev–Trinajstić information content (AvgIpc) is 2.65. The Morgan fingerprint density at radius 1 is 0.529 bits per heavy atom. The lowest BCUT2D eigenvalue weighted by atomic mass is 9.95. The van der Waals surface area contributed by atoms with E-state index in [9.17, 15) is 0 Å². The van der Waals surface area contributed by atoms with E-state index in [4.69, 9.17) is 0 Å². The molecule has 0 amide bonds. The number of nitrogens with one attached hydrogen (secondary N) is 2. The summed E-state index contributed by atoms with van der Waals surface area (Å²) in [4.78, 5) is 0. The molecule has 0 atom stereocenters. The highest BCUT2D eigenvalue weighted by molar-refractivity contribution is 4.74. The molecule has 0 heterocycles. The molecule has 2 nitrogen and oxygen atoms in total. The van der Waals surface area contributed by atoms with Crippen LogP contribution in [0.1, 0.15) is 70.6 Å². The zero-order valence-electron chi connectivity index (χ0n) is 11.3. The first-order valence-corrected chi connectivity index (χ1v) is 7.92. The van der Waals surface area contributed by atoms with E-state index < -0.39 is 0 Å². The minimum atomic E-state index is 0.811. The van der Waals surface area contributed by atoms with Crippen LogP contribution in [0.15, 0.2) is 0 Å². The third kappa shape index (κ3) is 5.39. The van der Waals surface area contributed by atoms with Gasteiger partial charge in [0.25, 0.3) is 0 Å². The normalized spacial score (nSPS) is 24.7. The molecule has 0 spiro atoms. The predicted molar refractivity (Wildman–Crippen MR) is 74.4 cm³/mol. The molecule has 2 fully saturated rings. The molecule has 0 aliphatic heterocycles. The van der Waals surface area contributed by atoms with Gasteiger partial charge in [0.2, 0.25) is 0 Å². The molecule has 2 rings (SSSR count). The summed E-state index contributed by atoms with van der Waals surface area (Å²) >= 11 is 0. The zero-order chi connectivity index (χ0) is 11.8. The Bertz CT molecular complexity index is 179. The second-order valence-electron chi connectivity index (χ2n) is 5.93. The fourth-order valence-electron chi connectivity index (χ4n) is 3.34. The molecule has 0 bridgehead atoms. The topological polar surface area (TPSA) is 24.1 Å². The monoisotopic (exact) mass is 238 g/mol. The van der Waals surface area contributed by atoms with Gasteiger partial charge in [-0.25, -0.2) is 0 Å². The lowest BCUT2D eigenvalue weighted by Crippen LogP contribution is -2.39. The molecule has 2 N–H and O–H groups in total. The first-order chi connectivity index (χ1) is 8.45. The first-order valence-electron chi connectivity index (χ1n) is 7.92. The maximum absolute atomic E-state index is 3.74. The molecule has 2 saturated carbocycles. The van der Waals surface area contributed by atoms with Crippen LogP contribution in [0.25, 0.3) is 0 Å². The van der Waals surface area contributed by atoms with E-state index in [0.29, 0.717) is 0 Å². The highest BCUT2D eigenvalue weighted by Gasteiger charge is 2.13. The van der Waals surface area contributed by atoms with Gasteiger partial charge in [-0.1, -0.05) is 44.9 Å². The molecular weight excluding hydrogens is 208 g/mol. The molecular formula is C15H30N2. The smallest absolute Gasteiger partial charge is 0.00794 e. The summed E-state index contributed by atoms with van der Waals surface area (Å²) in [6.07, 6.45) is 15.7. The third-order valence-corrected chi connectivity index (χ3v) is 4.45. The van der Waals surface area contributed by atoms with Crippen LogP contribution in [0.5, 0.6) is 0 Å². The van der Waals surface area contributed by atoms with Crippen molar-refractivity contribution in [3.63, 3.8) is 0 Å². The van der Waals surface area contributed by atoms with Gasteiger partial charge in [-0.05, 0) is 25.7 Å². The van der Waals surface area contributed by atoms with Crippen molar-refractivity contribution < 1.29 is 0 Å². The van der Waals surface area contributed by atoms with Crippen molar-refractivity contribution >= 4 is 0 Å². The van der Waals surface area contributed by atoms with Gasteiger partial charge < -0.3 is 10.6 Å². The average molecular weight is 238 g/mol. The van der Waals surface area contributed by atoms with Crippen LogP contribution < -0.4 is 10.6 Å². The van der Waals surface area contributed by atoms with Crippen molar-refractivity contribution in [2.75, 3.05) is 13.1 Å². The summed E-state index contributed by atoms with van der Waals surface area (Å²) in [5, 5.41) is 7.45. The quantitative estimate of drug-likeness (QED) is 0.567. The number of hydrogen-bond donors (Lipinski definition) is 2. The highest BCUT2D eigenvalue weighted by atomic mass is 15.0. The van der Waals surface area contributed by atoms with Crippen molar-refractivity contribution in [1.29, 1.82) is 0 Å². The molecule has 2 aliphatic rings. The van der Waals surface area contributed by atoms with Crippen molar-refractivity contribution in [3.05, 3.63) is 0 Å². The maximum Gasteiger partial charge on any atom is 0.00794 e. The van der Waals surface area contributed by atoms with Gasteiger partial charge in [0.1, 0.15) is 0 Å². The SMILES string of the molecule is C1CCCC(NCCNC2CCCCC2)CC1. The zero-order valence-corrected chi connectivity index (χ0v) is 11.3. The number of rotatable bonds is 5. The summed E-state index contributed by atoms with van der Waals surface area (Å²) in [5.74, 6) is 0. The first kappa shape index (κ1) is 13.4. The Labute approximate surface area is 107 Å². The van der Waals surface area contributed by atoms with E-state index in [2.05, 4.69) is 10.6 Å². The summed E-state index contributed by atoms with van der Waals surface area (Å²) in [5.41, 5.74) is 0. The van der Waals surface area contributed by atoms with Crippen LogP contribution in [0.4, 0.5) is 0 Å². The van der Waals surface area contributed by atoms with Crippen LogP contribution in [0.2, 0.25) is 0 Å². The van der Waals surface area contributed by atoms with Crippen LogP contribution in [0.3, 0.4) is 0 Å². The Morgan fingerprint density at radius 2 is 0.882 bits per heavy atom. The van der Waals surface area contributed by atoms with Gasteiger partial charge in [0, 0.05) is 25.2 Å². The Kier molecular flexibility index (Phi) is 6.36. The molecule has 0 aromatic carbocycles. The van der Waals surface area contributed by atoms with E-state index in [1.807, 2.05) is 0 Å². The second kappa shape index (κ2) is 8.10. The van der Waals surface area contributed by atoms with E-state index in [-0.39, 0.29) is 0 Å². The van der Waals surface area contributed by atoms with Gasteiger partial charge in [0.05, 0.1) is 0 Å². The van der Waals surface area contributed by atoms with Gasteiger partial charge in [-0.3, -0.25) is 0 Å². The fourth-order valence-corrected chi connectivity index (χ4v) is 3.34. The molecule has 100 valence electrons. The van der Waals surface area contributed by atoms with E-state index in [1.165, 1.54) is 83.7 Å². The van der Waals surface area contributed by atoms with E-state index >= 15 is 0 Å². The molecule has 0 unspecified atom stereocenters. The highest BCUT2D eigenvalue weighted by Crippen LogP contribution is 2.18. The minimum absolute atomic E-state index is 0.811. The molecule has 2 heteroatoms. The molecule has 2 aliphatic carbocycles. The van der Waals surface area contributed by atoms with E-state index in [0.717, 1.165) is 12.1 Å². The summed E-state index contributed by atoms with van der Waals surface area (Å²) in [7, 11) is 0. The van der Waals surface area contributed by atoms with Gasteiger partial charge >= 0.3 is 0 Å². The largest absolute Gasteiger partial charge is 0.313 e. The fraction of sp³-hybridized carbons (Fsp3) is 1.00. The van der Waals surface area contributed by atoms with Crippen molar-refractivity contribution in [2.45, 2.75) is 82.7 Å². The molecule has 0 aromatic heterocycles. The van der Waals surface area contributed by atoms with Crippen molar-refractivity contribution in [2.24, 2.45) is 0 Å². The predicted octanol–water partition coefficient (Wildman–Crippen LogP) is 3.22. The van der Waals surface area contributed by atoms with Crippen LogP contribution in [-0.4, -0.2) is 25.2 Å². The lowest BCUT2D eigenvalue weighted by molar-refractivity contribution is 0.365. The second-order valence-corrected chi connectivity index (χ2v) is 5.93. The summed E-state index contributed by atoms with van der Waals surface area (Å²) in [6, 6.07) is 1.63. The Balaban J connectivity index is 1.49. The van der Waals surface area contributed by atoms with Crippen LogP contribution in [0, 0.1) is 0 Å². The standard InChI is InChI=1S/C15H30N2/c1-2-5-9-14(8-4-1)16-12-13-17-15-10-6-3-7-11-15/h14-17H,1-13H2. The van der Waals surface area contributed by atoms with E-state index in [1.54, 1.807) is 0 Å². The van der Waals surface area contributed by atoms with Crippen molar-refractivity contribution in [1.82, 2.24) is 10.6 Å². The van der Waals surface area contributed by atoms with Crippen LogP contribution >= 0.6 is 0 Å². The molecule has 0 radical (unpaired) electrons. The minimum Gasteiger partial charge on any atom is -0.313 e. The maximum atomic E-state index is 3.74. The molecule has 0 aromatic rings. The molecule has 17 heavy (non-hydrogen) atoms.